The van der Waals surface area contributed by atoms with Gasteiger partial charge in [-0.15, -0.1) is 0 Å². The van der Waals surface area contributed by atoms with Crippen molar-refractivity contribution in [3.8, 4) is 0 Å². The normalized spacial score (nSPS) is 10.6. The van der Waals surface area contributed by atoms with Crippen molar-refractivity contribution in [3.63, 3.8) is 0 Å². The Balaban J connectivity index is 2.29. The van der Waals surface area contributed by atoms with E-state index in [9.17, 15) is 4.79 Å². The summed E-state index contributed by atoms with van der Waals surface area (Å²) in [6.45, 7) is 9.72. The van der Waals surface area contributed by atoms with Crippen LogP contribution in [-0.2, 0) is 0 Å². The number of hydrogen-bond acceptors (Lipinski definition) is 4. The molecule has 2 rings (SSSR count). The van der Waals surface area contributed by atoms with Gasteiger partial charge in [-0.1, -0.05) is 31.5 Å². The van der Waals surface area contributed by atoms with Gasteiger partial charge in [0, 0.05) is 29.5 Å². The monoisotopic (exact) mass is 360 g/mol. The molecular formula is C19H25ClN4O. The molecule has 0 atom stereocenters. The topological polar surface area (TPSA) is 58.1 Å². The van der Waals surface area contributed by atoms with Crippen LogP contribution in [0.3, 0.4) is 0 Å². The Morgan fingerprint density at radius 2 is 1.84 bits per heavy atom. The van der Waals surface area contributed by atoms with Gasteiger partial charge in [-0.25, -0.2) is 9.97 Å². The molecular weight excluding hydrogens is 336 g/mol. The first-order valence-electron chi connectivity index (χ1n) is 8.63. The van der Waals surface area contributed by atoms with E-state index in [1.807, 2.05) is 26.0 Å². The van der Waals surface area contributed by atoms with Crippen molar-refractivity contribution in [1.29, 1.82) is 0 Å². The van der Waals surface area contributed by atoms with Gasteiger partial charge in [0.05, 0.1) is 0 Å². The molecule has 2 aromatic rings. The number of nitrogens with zero attached hydrogens (tertiary/aromatic N) is 3. The Morgan fingerprint density at radius 1 is 1.16 bits per heavy atom. The van der Waals surface area contributed by atoms with Gasteiger partial charge in [0.15, 0.2) is 0 Å². The molecule has 0 radical (unpaired) electrons. The Labute approximate surface area is 154 Å². The molecule has 0 aliphatic heterocycles. The fourth-order valence-corrected chi connectivity index (χ4v) is 2.77. The van der Waals surface area contributed by atoms with Gasteiger partial charge in [-0.05, 0) is 50.5 Å². The molecule has 0 unspecified atom stereocenters. The third-order valence-corrected chi connectivity index (χ3v) is 4.27. The summed E-state index contributed by atoms with van der Waals surface area (Å²) in [5.41, 5.74) is 2.66. The number of aryl methyl sites for hydroxylation is 1. The highest BCUT2D eigenvalue weighted by molar-refractivity contribution is 6.31. The second-order valence-corrected chi connectivity index (χ2v) is 6.46. The van der Waals surface area contributed by atoms with Gasteiger partial charge >= 0.3 is 0 Å². The maximum absolute atomic E-state index is 12.7. The molecule has 134 valence electrons. The van der Waals surface area contributed by atoms with Gasteiger partial charge in [0.25, 0.3) is 5.91 Å². The van der Waals surface area contributed by atoms with Gasteiger partial charge < -0.3 is 10.2 Å². The molecule has 0 spiro atoms. The number of carbonyl (C=O) groups is 1. The van der Waals surface area contributed by atoms with E-state index in [2.05, 4.69) is 34.0 Å². The van der Waals surface area contributed by atoms with Gasteiger partial charge in [-0.3, -0.25) is 4.79 Å². The summed E-state index contributed by atoms with van der Waals surface area (Å²) in [6, 6.07) is 7.14. The average Bonchev–Trinajstić information content (AvgIpc) is 2.58. The SMILES string of the molecule is CCCN(CCC)c1nc(C)cc(C(=O)Nc2cccc(Cl)c2C)n1. The van der Waals surface area contributed by atoms with E-state index in [0.29, 0.717) is 22.4 Å². The summed E-state index contributed by atoms with van der Waals surface area (Å²) < 4.78 is 0. The predicted octanol–water partition coefficient (Wildman–Crippen LogP) is 4.63. The molecule has 1 amide bonds. The van der Waals surface area contributed by atoms with E-state index in [-0.39, 0.29) is 5.91 Å². The summed E-state index contributed by atoms with van der Waals surface area (Å²) in [5, 5.41) is 3.51. The minimum absolute atomic E-state index is 0.259. The van der Waals surface area contributed by atoms with E-state index in [1.165, 1.54) is 0 Å². The number of benzene rings is 1. The first-order chi connectivity index (χ1) is 12.0. The Kier molecular flexibility index (Phi) is 6.76. The maximum Gasteiger partial charge on any atom is 0.274 e. The molecule has 0 saturated heterocycles. The fourth-order valence-electron chi connectivity index (χ4n) is 2.59. The summed E-state index contributed by atoms with van der Waals surface area (Å²) >= 11 is 6.12. The second kappa shape index (κ2) is 8.81. The number of amides is 1. The Morgan fingerprint density at radius 3 is 2.48 bits per heavy atom. The molecule has 1 aromatic carbocycles. The van der Waals surface area contributed by atoms with Gasteiger partial charge in [0.2, 0.25) is 5.95 Å². The number of rotatable bonds is 7. The van der Waals surface area contributed by atoms with E-state index in [1.54, 1.807) is 12.1 Å². The lowest BCUT2D eigenvalue weighted by Crippen LogP contribution is -2.28. The van der Waals surface area contributed by atoms with Gasteiger partial charge in [0.1, 0.15) is 5.69 Å². The van der Waals surface area contributed by atoms with Crippen LogP contribution in [0.2, 0.25) is 5.02 Å². The lowest BCUT2D eigenvalue weighted by atomic mass is 10.2. The third-order valence-electron chi connectivity index (χ3n) is 3.86. The van der Waals surface area contributed by atoms with E-state index < -0.39 is 0 Å². The molecule has 1 N–H and O–H groups in total. The number of aromatic nitrogens is 2. The average molecular weight is 361 g/mol. The van der Waals surface area contributed by atoms with E-state index in [0.717, 1.165) is 37.2 Å². The van der Waals surface area contributed by atoms with Crippen LogP contribution in [0, 0.1) is 13.8 Å². The predicted molar refractivity (Wildman–Crippen MR) is 104 cm³/mol. The molecule has 1 heterocycles. The van der Waals surface area contributed by atoms with Crippen LogP contribution in [0.4, 0.5) is 11.6 Å². The largest absolute Gasteiger partial charge is 0.341 e. The third kappa shape index (κ3) is 4.92. The summed E-state index contributed by atoms with van der Waals surface area (Å²) in [5.74, 6) is 0.349. The van der Waals surface area contributed by atoms with Crippen LogP contribution in [0.5, 0.6) is 0 Å². The highest BCUT2D eigenvalue weighted by atomic mass is 35.5. The zero-order chi connectivity index (χ0) is 18.4. The van der Waals surface area contributed by atoms with Crippen LogP contribution < -0.4 is 10.2 Å². The van der Waals surface area contributed by atoms with Crippen molar-refractivity contribution in [1.82, 2.24) is 9.97 Å². The van der Waals surface area contributed by atoms with Crippen molar-refractivity contribution < 1.29 is 4.79 Å². The molecule has 0 aliphatic carbocycles. The quantitative estimate of drug-likeness (QED) is 0.782. The molecule has 6 heteroatoms. The number of hydrogen-bond donors (Lipinski definition) is 1. The lowest BCUT2D eigenvalue weighted by molar-refractivity contribution is 0.102. The summed E-state index contributed by atoms with van der Waals surface area (Å²) in [7, 11) is 0. The van der Waals surface area contributed by atoms with Crippen LogP contribution >= 0.6 is 11.6 Å². The minimum Gasteiger partial charge on any atom is -0.341 e. The number of anilines is 2. The first kappa shape index (κ1) is 19.2. The van der Waals surface area contributed by atoms with Crippen molar-refractivity contribution in [2.45, 2.75) is 40.5 Å². The number of halogens is 1. The molecule has 0 aliphatic rings. The highest BCUT2D eigenvalue weighted by Gasteiger charge is 2.15. The zero-order valence-corrected chi connectivity index (χ0v) is 16.0. The van der Waals surface area contributed by atoms with Crippen molar-refractivity contribution in [2.75, 3.05) is 23.3 Å². The standard InChI is InChI=1S/C19H25ClN4O/c1-5-10-24(11-6-2)19-21-13(3)12-17(23-19)18(25)22-16-9-7-8-15(20)14(16)4/h7-9,12H,5-6,10-11H2,1-4H3,(H,22,25). The van der Waals surface area contributed by atoms with E-state index in [4.69, 9.17) is 11.6 Å². The lowest BCUT2D eigenvalue weighted by Gasteiger charge is -2.22. The van der Waals surface area contributed by atoms with E-state index >= 15 is 0 Å². The van der Waals surface area contributed by atoms with Crippen molar-refractivity contribution in [3.05, 3.63) is 46.2 Å². The number of carbonyl (C=O) groups excluding carboxylic acids is 1. The Bertz CT molecular complexity index is 742. The molecule has 0 fully saturated rings. The maximum atomic E-state index is 12.7. The van der Waals surface area contributed by atoms with Crippen molar-refractivity contribution >= 4 is 29.1 Å². The fraction of sp³-hybridized carbons (Fsp3) is 0.421. The summed E-state index contributed by atoms with van der Waals surface area (Å²) in [4.78, 5) is 23.8. The van der Waals surface area contributed by atoms with Crippen LogP contribution in [0.25, 0.3) is 0 Å². The first-order valence-corrected chi connectivity index (χ1v) is 9.01. The van der Waals surface area contributed by atoms with Gasteiger partial charge in [-0.2, -0.15) is 0 Å². The summed E-state index contributed by atoms with van der Waals surface area (Å²) in [6.07, 6.45) is 2.00. The molecule has 1 aromatic heterocycles. The zero-order valence-electron chi connectivity index (χ0n) is 15.3. The molecule has 5 nitrogen and oxygen atoms in total. The van der Waals surface area contributed by atoms with Crippen LogP contribution in [-0.4, -0.2) is 29.0 Å². The van der Waals surface area contributed by atoms with Crippen molar-refractivity contribution in [2.24, 2.45) is 0 Å². The highest BCUT2D eigenvalue weighted by Crippen LogP contribution is 2.23. The molecule has 0 saturated carbocycles. The minimum atomic E-state index is -0.259. The molecule has 25 heavy (non-hydrogen) atoms. The second-order valence-electron chi connectivity index (χ2n) is 6.05. The smallest absolute Gasteiger partial charge is 0.274 e. The Hall–Kier alpha value is -2.14. The van der Waals surface area contributed by atoms with Crippen LogP contribution in [0.15, 0.2) is 24.3 Å². The number of nitrogens with one attached hydrogen (secondary N) is 1. The van der Waals surface area contributed by atoms with Crippen LogP contribution in [0.1, 0.15) is 48.4 Å². The molecule has 0 bridgehead atoms.